The van der Waals surface area contributed by atoms with Crippen LogP contribution in [0.2, 0.25) is 0 Å². The molecule has 4 heteroatoms. The van der Waals surface area contributed by atoms with E-state index in [0.29, 0.717) is 11.1 Å². The first-order valence-electron chi connectivity index (χ1n) is 3.16. The fourth-order valence-corrected chi connectivity index (χ4v) is 1.16. The highest BCUT2D eigenvalue weighted by atomic mass is 79.9. The normalized spacial score (nSPS) is 10.8. The first-order valence-corrected chi connectivity index (χ1v) is 3.96. The van der Waals surface area contributed by atoms with Crippen molar-refractivity contribution in [2.45, 2.75) is 0 Å². The molecule has 0 aromatic heterocycles. The minimum Gasteiger partial charge on any atom is -0.410 e. The van der Waals surface area contributed by atoms with E-state index in [1.807, 2.05) is 6.07 Å². The molecule has 0 unspecified atom stereocenters. The fourth-order valence-electron chi connectivity index (χ4n) is 0.814. The maximum Gasteiger partial charge on any atom is 0.153 e. The number of rotatable bonds is 1. The van der Waals surface area contributed by atoms with E-state index in [4.69, 9.17) is 10.5 Å². The van der Waals surface area contributed by atoms with Crippen LogP contribution in [0.5, 0.6) is 0 Å². The van der Waals surface area contributed by atoms with Crippen LogP contribution >= 0.6 is 15.9 Å². The Balaban J connectivity index is 3.25. The van der Waals surface area contributed by atoms with Crippen molar-refractivity contribution < 1.29 is 5.21 Å². The lowest BCUT2D eigenvalue weighted by Gasteiger charge is -1.97. The molecule has 60 valence electrons. The Bertz CT molecular complexity index is 354. The molecular formula is C8H5BrN2O. The van der Waals surface area contributed by atoms with Crippen molar-refractivity contribution in [1.82, 2.24) is 0 Å². The maximum absolute atomic E-state index is 8.66. The SMILES string of the molecule is N#Cc1ccccc1C(Br)=NO. The Morgan fingerprint density at radius 1 is 1.50 bits per heavy atom. The van der Waals surface area contributed by atoms with Gasteiger partial charge in [0.25, 0.3) is 0 Å². The predicted octanol–water partition coefficient (Wildman–Crippen LogP) is 2.09. The Hall–Kier alpha value is -1.34. The smallest absolute Gasteiger partial charge is 0.153 e. The minimum absolute atomic E-state index is 0.264. The van der Waals surface area contributed by atoms with Crippen molar-refractivity contribution in [3.05, 3.63) is 35.4 Å². The molecule has 1 aromatic carbocycles. The highest BCUT2D eigenvalue weighted by Gasteiger charge is 2.04. The number of hydrogen-bond donors (Lipinski definition) is 1. The molecule has 0 saturated heterocycles. The molecule has 0 heterocycles. The third kappa shape index (κ3) is 1.63. The summed E-state index contributed by atoms with van der Waals surface area (Å²) in [6, 6.07) is 8.86. The van der Waals surface area contributed by atoms with Crippen molar-refractivity contribution in [1.29, 1.82) is 5.26 Å². The molecule has 0 atom stereocenters. The molecule has 0 saturated carbocycles. The van der Waals surface area contributed by atoms with E-state index in [-0.39, 0.29) is 4.62 Å². The van der Waals surface area contributed by atoms with Gasteiger partial charge in [0.05, 0.1) is 11.6 Å². The zero-order valence-electron chi connectivity index (χ0n) is 6.03. The third-order valence-electron chi connectivity index (χ3n) is 1.36. The zero-order chi connectivity index (χ0) is 8.97. The van der Waals surface area contributed by atoms with Crippen LogP contribution in [0.3, 0.4) is 0 Å². The summed E-state index contributed by atoms with van der Waals surface area (Å²) in [6.45, 7) is 0. The van der Waals surface area contributed by atoms with Crippen LogP contribution in [0.25, 0.3) is 0 Å². The van der Waals surface area contributed by atoms with Crippen molar-refractivity contribution in [3.8, 4) is 6.07 Å². The van der Waals surface area contributed by atoms with Crippen molar-refractivity contribution >= 4 is 20.6 Å². The average molecular weight is 225 g/mol. The molecule has 3 nitrogen and oxygen atoms in total. The van der Waals surface area contributed by atoms with Gasteiger partial charge in [0, 0.05) is 5.56 Å². The van der Waals surface area contributed by atoms with Crippen LogP contribution in [0.4, 0.5) is 0 Å². The van der Waals surface area contributed by atoms with Gasteiger partial charge in [-0.05, 0) is 22.0 Å². The van der Waals surface area contributed by atoms with Gasteiger partial charge in [-0.1, -0.05) is 23.4 Å². The second kappa shape index (κ2) is 3.88. The molecule has 0 amide bonds. The van der Waals surface area contributed by atoms with Gasteiger partial charge in [0.1, 0.15) is 0 Å². The number of halogens is 1. The zero-order valence-corrected chi connectivity index (χ0v) is 7.62. The standard InChI is InChI=1S/C8H5BrN2O/c9-8(11-12)7-4-2-1-3-6(7)5-10/h1-4,12H. The van der Waals surface area contributed by atoms with Crippen molar-refractivity contribution in [2.75, 3.05) is 0 Å². The lowest BCUT2D eigenvalue weighted by molar-refractivity contribution is 0.321. The third-order valence-corrected chi connectivity index (χ3v) is 1.94. The molecule has 0 bridgehead atoms. The maximum atomic E-state index is 8.66. The summed E-state index contributed by atoms with van der Waals surface area (Å²) < 4.78 is 0.264. The van der Waals surface area contributed by atoms with Crippen LogP contribution in [-0.4, -0.2) is 9.83 Å². The van der Waals surface area contributed by atoms with Gasteiger partial charge < -0.3 is 5.21 Å². The summed E-state index contributed by atoms with van der Waals surface area (Å²) in [7, 11) is 0. The topological polar surface area (TPSA) is 56.4 Å². The van der Waals surface area contributed by atoms with E-state index in [1.54, 1.807) is 24.3 Å². The molecule has 1 aromatic rings. The summed E-state index contributed by atoms with van der Waals surface area (Å²) in [4.78, 5) is 0. The Kier molecular flexibility index (Phi) is 2.83. The second-order valence-electron chi connectivity index (χ2n) is 2.05. The van der Waals surface area contributed by atoms with Gasteiger partial charge >= 0.3 is 0 Å². The first kappa shape index (κ1) is 8.75. The lowest BCUT2D eigenvalue weighted by atomic mass is 10.1. The van der Waals surface area contributed by atoms with E-state index in [9.17, 15) is 0 Å². The van der Waals surface area contributed by atoms with Gasteiger partial charge in [-0.25, -0.2) is 0 Å². The summed E-state index contributed by atoms with van der Waals surface area (Å²) in [5.74, 6) is 0. The molecular weight excluding hydrogens is 220 g/mol. The Morgan fingerprint density at radius 2 is 2.17 bits per heavy atom. The second-order valence-corrected chi connectivity index (χ2v) is 2.80. The molecule has 1 N–H and O–H groups in total. The predicted molar refractivity (Wildman–Crippen MR) is 48.4 cm³/mol. The van der Waals surface area contributed by atoms with Crippen LogP contribution < -0.4 is 0 Å². The largest absolute Gasteiger partial charge is 0.410 e. The van der Waals surface area contributed by atoms with E-state index in [0.717, 1.165) is 0 Å². The summed E-state index contributed by atoms with van der Waals surface area (Å²) in [5, 5.41) is 20.0. The lowest BCUT2D eigenvalue weighted by Crippen LogP contribution is -1.93. The Morgan fingerprint density at radius 3 is 2.75 bits per heavy atom. The van der Waals surface area contributed by atoms with Gasteiger partial charge in [0.2, 0.25) is 0 Å². The molecule has 0 aliphatic heterocycles. The monoisotopic (exact) mass is 224 g/mol. The number of oxime groups is 1. The molecule has 12 heavy (non-hydrogen) atoms. The quantitative estimate of drug-likeness (QED) is 0.452. The number of nitriles is 1. The van der Waals surface area contributed by atoms with Crippen LogP contribution in [-0.2, 0) is 0 Å². The van der Waals surface area contributed by atoms with Crippen LogP contribution in [0.1, 0.15) is 11.1 Å². The fraction of sp³-hybridized carbons (Fsp3) is 0. The molecule has 0 radical (unpaired) electrons. The number of nitrogens with zero attached hydrogens (tertiary/aromatic N) is 2. The number of benzene rings is 1. The van der Waals surface area contributed by atoms with E-state index < -0.39 is 0 Å². The van der Waals surface area contributed by atoms with Gasteiger partial charge in [0.15, 0.2) is 4.62 Å². The summed E-state index contributed by atoms with van der Waals surface area (Å²) >= 11 is 3.03. The molecule has 0 spiro atoms. The van der Waals surface area contributed by atoms with E-state index >= 15 is 0 Å². The first-order chi connectivity index (χ1) is 5.79. The molecule has 0 aliphatic carbocycles. The molecule has 0 aliphatic rings. The van der Waals surface area contributed by atoms with Gasteiger partial charge in [-0.3, -0.25) is 0 Å². The Labute approximate surface area is 78.1 Å². The van der Waals surface area contributed by atoms with E-state index in [2.05, 4.69) is 21.1 Å². The van der Waals surface area contributed by atoms with Crippen LogP contribution in [0.15, 0.2) is 29.4 Å². The average Bonchev–Trinajstić information content (AvgIpc) is 2.16. The summed E-state index contributed by atoms with van der Waals surface area (Å²) in [5.41, 5.74) is 1.06. The highest BCUT2D eigenvalue weighted by molar-refractivity contribution is 9.18. The molecule has 1 rings (SSSR count). The van der Waals surface area contributed by atoms with Crippen molar-refractivity contribution in [2.24, 2.45) is 5.16 Å². The molecule has 0 fully saturated rings. The van der Waals surface area contributed by atoms with Gasteiger partial charge in [-0.15, -0.1) is 0 Å². The summed E-state index contributed by atoms with van der Waals surface area (Å²) in [6.07, 6.45) is 0. The van der Waals surface area contributed by atoms with Gasteiger partial charge in [-0.2, -0.15) is 5.26 Å². The van der Waals surface area contributed by atoms with E-state index in [1.165, 1.54) is 0 Å². The van der Waals surface area contributed by atoms with Crippen molar-refractivity contribution in [3.63, 3.8) is 0 Å². The number of hydrogen-bond acceptors (Lipinski definition) is 3. The van der Waals surface area contributed by atoms with Crippen LogP contribution in [0, 0.1) is 11.3 Å². The highest BCUT2D eigenvalue weighted by Crippen LogP contribution is 2.11. The minimum atomic E-state index is 0.264.